The topological polar surface area (TPSA) is 81.4 Å². The molecule has 2 amide bonds. The highest BCUT2D eigenvalue weighted by atomic mass is 32.1. The number of aryl methyl sites for hydroxylation is 2. The molecule has 0 bridgehead atoms. The average molecular weight is 358 g/mol. The van der Waals surface area contributed by atoms with Crippen molar-refractivity contribution < 1.29 is 14.3 Å². The Hall–Kier alpha value is -2.34. The molecular formula is C19H22N2O3S. The third kappa shape index (κ3) is 3.69. The molecule has 0 fully saturated rings. The molecule has 6 heteroatoms. The van der Waals surface area contributed by atoms with Crippen LogP contribution >= 0.6 is 11.3 Å². The SMILES string of the molecule is Cc1cccc(OCC(=O)Nc2sc3c(c2C(N)=O)CCCC3)c1C. The molecule has 1 heterocycles. The number of hydrogen-bond donors (Lipinski definition) is 2. The summed E-state index contributed by atoms with van der Waals surface area (Å²) in [5, 5.41) is 3.36. The van der Waals surface area contributed by atoms with Crippen LogP contribution in [0.2, 0.25) is 0 Å². The number of carbonyl (C=O) groups is 2. The number of anilines is 1. The second kappa shape index (κ2) is 7.27. The van der Waals surface area contributed by atoms with Crippen molar-refractivity contribution >= 4 is 28.2 Å². The van der Waals surface area contributed by atoms with Crippen LogP contribution in [0.25, 0.3) is 0 Å². The van der Waals surface area contributed by atoms with E-state index in [9.17, 15) is 9.59 Å². The van der Waals surface area contributed by atoms with E-state index in [4.69, 9.17) is 10.5 Å². The number of benzene rings is 1. The first-order valence-electron chi connectivity index (χ1n) is 8.40. The summed E-state index contributed by atoms with van der Waals surface area (Å²) in [4.78, 5) is 25.3. The summed E-state index contributed by atoms with van der Waals surface area (Å²) in [5.41, 5.74) is 9.15. The molecule has 25 heavy (non-hydrogen) atoms. The molecule has 0 aliphatic heterocycles. The predicted molar refractivity (Wildman–Crippen MR) is 99.5 cm³/mol. The van der Waals surface area contributed by atoms with Gasteiger partial charge in [0.15, 0.2) is 6.61 Å². The number of thiophene rings is 1. The van der Waals surface area contributed by atoms with E-state index in [1.165, 1.54) is 11.3 Å². The molecule has 0 atom stereocenters. The summed E-state index contributed by atoms with van der Waals surface area (Å²) in [6.45, 7) is 3.85. The maximum atomic E-state index is 12.3. The van der Waals surface area contributed by atoms with E-state index < -0.39 is 5.91 Å². The van der Waals surface area contributed by atoms with Gasteiger partial charge >= 0.3 is 0 Å². The van der Waals surface area contributed by atoms with Crippen molar-refractivity contribution in [2.75, 3.05) is 11.9 Å². The van der Waals surface area contributed by atoms with Crippen LogP contribution in [0.4, 0.5) is 5.00 Å². The number of primary amides is 1. The predicted octanol–water partition coefficient (Wildman–Crippen LogP) is 3.36. The van der Waals surface area contributed by atoms with Gasteiger partial charge < -0.3 is 15.8 Å². The first-order valence-corrected chi connectivity index (χ1v) is 9.22. The zero-order chi connectivity index (χ0) is 18.0. The first-order chi connectivity index (χ1) is 12.0. The van der Waals surface area contributed by atoms with E-state index in [-0.39, 0.29) is 12.5 Å². The van der Waals surface area contributed by atoms with Gasteiger partial charge in [-0.25, -0.2) is 0 Å². The lowest BCUT2D eigenvalue weighted by atomic mass is 9.95. The molecule has 0 spiro atoms. The van der Waals surface area contributed by atoms with E-state index in [1.807, 2.05) is 32.0 Å². The fourth-order valence-corrected chi connectivity index (χ4v) is 4.41. The minimum Gasteiger partial charge on any atom is -0.483 e. The van der Waals surface area contributed by atoms with Gasteiger partial charge in [-0.15, -0.1) is 11.3 Å². The first kappa shape index (κ1) is 17.5. The van der Waals surface area contributed by atoms with Crippen molar-refractivity contribution in [1.82, 2.24) is 0 Å². The summed E-state index contributed by atoms with van der Waals surface area (Å²) in [7, 11) is 0. The summed E-state index contributed by atoms with van der Waals surface area (Å²) >= 11 is 1.46. The van der Waals surface area contributed by atoms with Gasteiger partial charge in [-0.3, -0.25) is 9.59 Å². The number of ether oxygens (including phenoxy) is 1. The van der Waals surface area contributed by atoms with Crippen LogP contribution in [-0.2, 0) is 17.6 Å². The van der Waals surface area contributed by atoms with Crippen molar-refractivity contribution in [3.63, 3.8) is 0 Å². The molecule has 5 nitrogen and oxygen atoms in total. The van der Waals surface area contributed by atoms with Gasteiger partial charge in [0.05, 0.1) is 5.56 Å². The van der Waals surface area contributed by atoms with Crippen molar-refractivity contribution in [2.45, 2.75) is 39.5 Å². The monoisotopic (exact) mass is 358 g/mol. The lowest BCUT2D eigenvalue weighted by Crippen LogP contribution is -2.22. The van der Waals surface area contributed by atoms with E-state index >= 15 is 0 Å². The van der Waals surface area contributed by atoms with E-state index in [2.05, 4.69) is 5.32 Å². The highest BCUT2D eigenvalue weighted by molar-refractivity contribution is 7.17. The molecule has 0 saturated carbocycles. The summed E-state index contributed by atoms with van der Waals surface area (Å²) < 4.78 is 5.63. The number of fused-ring (bicyclic) bond motifs is 1. The second-order valence-corrected chi connectivity index (χ2v) is 7.42. The minimum absolute atomic E-state index is 0.106. The largest absolute Gasteiger partial charge is 0.483 e. The Balaban J connectivity index is 1.72. The Bertz CT molecular complexity index is 826. The van der Waals surface area contributed by atoms with Crippen LogP contribution in [0.3, 0.4) is 0 Å². The number of nitrogens with two attached hydrogens (primary N) is 1. The van der Waals surface area contributed by atoms with Gasteiger partial charge in [0, 0.05) is 4.88 Å². The maximum Gasteiger partial charge on any atom is 0.262 e. The van der Waals surface area contributed by atoms with Gasteiger partial charge in [0.25, 0.3) is 11.8 Å². The van der Waals surface area contributed by atoms with Crippen molar-refractivity contribution in [2.24, 2.45) is 5.73 Å². The molecule has 1 aromatic heterocycles. The zero-order valence-electron chi connectivity index (χ0n) is 14.5. The zero-order valence-corrected chi connectivity index (χ0v) is 15.3. The van der Waals surface area contributed by atoms with Crippen molar-refractivity contribution in [3.8, 4) is 5.75 Å². The molecule has 3 N–H and O–H groups in total. The molecule has 0 radical (unpaired) electrons. The van der Waals surface area contributed by atoms with Gasteiger partial charge in [-0.1, -0.05) is 12.1 Å². The van der Waals surface area contributed by atoms with Gasteiger partial charge in [-0.2, -0.15) is 0 Å². The molecule has 1 aliphatic rings. The van der Waals surface area contributed by atoms with E-state index in [1.54, 1.807) is 0 Å². The quantitative estimate of drug-likeness (QED) is 0.860. The Morgan fingerprint density at radius 1 is 1.24 bits per heavy atom. The molecule has 3 rings (SSSR count). The summed E-state index contributed by atoms with van der Waals surface area (Å²) in [6.07, 6.45) is 3.94. The smallest absolute Gasteiger partial charge is 0.262 e. The molecule has 2 aromatic rings. The van der Waals surface area contributed by atoms with Gasteiger partial charge in [0.1, 0.15) is 10.8 Å². The molecule has 0 saturated heterocycles. The Kier molecular flexibility index (Phi) is 5.08. The fraction of sp³-hybridized carbons (Fsp3) is 0.368. The molecule has 1 aromatic carbocycles. The highest BCUT2D eigenvalue weighted by Crippen LogP contribution is 2.37. The Morgan fingerprint density at radius 3 is 2.76 bits per heavy atom. The fourth-order valence-electron chi connectivity index (χ4n) is 3.10. The highest BCUT2D eigenvalue weighted by Gasteiger charge is 2.25. The van der Waals surface area contributed by atoms with Crippen LogP contribution in [0, 0.1) is 13.8 Å². The third-order valence-electron chi connectivity index (χ3n) is 4.58. The average Bonchev–Trinajstić information content (AvgIpc) is 2.94. The lowest BCUT2D eigenvalue weighted by Gasteiger charge is -2.12. The molecule has 132 valence electrons. The number of hydrogen-bond acceptors (Lipinski definition) is 4. The van der Waals surface area contributed by atoms with Crippen LogP contribution in [0.1, 0.15) is 44.8 Å². The second-order valence-electron chi connectivity index (χ2n) is 6.31. The number of carbonyl (C=O) groups excluding carboxylic acids is 2. The summed E-state index contributed by atoms with van der Waals surface area (Å²) in [5.74, 6) is -0.0806. The maximum absolute atomic E-state index is 12.3. The van der Waals surface area contributed by atoms with E-state index in [0.29, 0.717) is 16.3 Å². The third-order valence-corrected chi connectivity index (χ3v) is 5.79. The van der Waals surface area contributed by atoms with Crippen LogP contribution < -0.4 is 15.8 Å². The Labute approximate surface area is 151 Å². The minimum atomic E-state index is -0.481. The lowest BCUT2D eigenvalue weighted by molar-refractivity contribution is -0.118. The van der Waals surface area contributed by atoms with Crippen LogP contribution in [0.5, 0.6) is 5.75 Å². The normalized spacial score (nSPS) is 13.2. The van der Waals surface area contributed by atoms with Crippen LogP contribution in [-0.4, -0.2) is 18.4 Å². The van der Waals surface area contributed by atoms with Crippen molar-refractivity contribution in [1.29, 1.82) is 0 Å². The molecule has 1 aliphatic carbocycles. The number of amides is 2. The van der Waals surface area contributed by atoms with Crippen molar-refractivity contribution in [3.05, 3.63) is 45.3 Å². The Morgan fingerprint density at radius 2 is 2.00 bits per heavy atom. The number of rotatable bonds is 5. The molecular weight excluding hydrogens is 336 g/mol. The van der Waals surface area contributed by atoms with Gasteiger partial charge in [0.2, 0.25) is 0 Å². The van der Waals surface area contributed by atoms with E-state index in [0.717, 1.165) is 47.3 Å². The van der Waals surface area contributed by atoms with Gasteiger partial charge in [-0.05, 0) is 62.3 Å². The van der Waals surface area contributed by atoms with Crippen LogP contribution in [0.15, 0.2) is 18.2 Å². The standard InChI is InChI=1S/C19H22N2O3S/c1-11-6-5-8-14(12(11)2)24-10-16(22)21-19-17(18(20)23)13-7-3-4-9-15(13)25-19/h5-6,8H,3-4,7,9-10H2,1-2H3,(H2,20,23)(H,21,22). The number of nitrogens with one attached hydrogen (secondary N) is 1. The molecule has 0 unspecified atom stereocenters. The summed E-state index contributed by atoms with van der Waals surface area (Å²) in [6, 6.07) is 5.74.